The molecule has 0 spiro atoms. The predicted molar refractivity (Wildman–Crippen MR) is 121 cm³/mol. The number of hydrogen-bond acceptors (Lipinski definition) is 5. The largest absolute Gasteiger partial charge is 0.487 e. The van der Waals surface area contributed by atoms with Crippen molar-refractivity contribution in [2.75, 3.05) is 26.3 Å². The monoisotopic (exact) mass is 458 g/mol. The quantitative estimate of drug-likeness (QED) is 0.716. The van der Waals surface area contributed by atoms with E-state index >= 15 is 0 Å². The van der Waals surface area contributed by atoms with E-state index in [-0.39, 0.29) is 22.4 Å². The van der Waals surface area contributed by atoms with E-state index in [0.29, 0.717) is 38.3 Å². The van der Waals surface area contributed by atoms with Crippen LogP contribution in [0.4, 0.5) is 0 Å². The Hall–Kier alpha value is -2.42. The van der Waals surface area contributed by atoms with Gasteiger partial charge in [-0.15, -0.1) is 0 Å². The topological polar surface area (TPSA) is 84.9 Å². The molecule has 0 bridgehead atoms. The number of benzene rings is 2. The molecule has 1 saturated heterocycles. The first kappa shape index (κ1) is 22.8. The summed E-state index contributed by atoms with van der Waals surface area (Å²) in [7, 11) is -3.67. The molecule has 2 aliphatic rings. The third-order valence-corrected chi connectivity index (χ3v) is 8.39. The number of carbonyl (C=O) groups excluding carboxylic acids is 1. The highest BCUT2D eigenvalue weighted by atomic mass is 32.2. The zero-order chi connectivity index (χ0) is 22.8. The van der Waals surface area contributed by atoms with Crippen molar-refractivity contribution in [2.24, 2.45) is 0 Å². The van der Waals surface area contributed by atoms with E-state index in [4.69, 9.17) is 9.47 Å². The molecule has 0 aromatic heterocycles. The number of para-hydroxylation sites is 1. The Labute approximate surface area is 189 Å². The number of nitrogens with one attached hydrogen (secondary N) is 1. The van der Waals surface area contributed by atoms with Crippen molar-refractivity contribution in [3.05, 3.63) is 59.7 Å². The van der Waals surface area contributed by atoms with Crippen LogP contribution in [0.15, 0.2) is 53.4 Å². The molecule has 0 radical (unpaired) electrons. The summed E-state index contributed by atoms with van der Waals surface area (Å²) in [5, 5.41) is 3.13. The lowest BCUT2D eigenvalue weighted by atomic mass is 9.83. The fourth-order valence-corrected chi connectivity index (χ4v) is 5.86. The third kappa shape index (κ3) is 4.40. The highest BCUT2D eigenvalue weighted by Crippen LogP contribution is 2.42. The molecule has 1 atom stereocenters. The molecule has 32 heavy (non-hydrogen) atoms. The van der Waals surface area contributed by atoms with Gasteiger partial charge in [-0.1, -0.05) is 38.1 Å². The van der Waals surface area contributed by atoms with Gasteiger partial charge in [0.25, 0.3) is 5.91 Å². The van der Waals surface area contributed by atoms with Gasteiger partial charge in [-0.3, -0.25) is 4.79 Å². The summed E-state index contributed by atoms with van der Waals surface area (Å²) in [6, 6.07) is 13.8. The molecule has 1 amide bonds. The molecule has 2 aromatic carbocycles. The fraction of sp³-hybridized carbons (Fsp3) is 0.458. The summed E-state index contributed by atoms with van der Waals surface area (Å²) in [5.74, 6) is 0.489. The number of morpholine rings is 1. The Morgan fingerprint density at radius 3 is 2.53 bits per heavy atom. The fourth-order valence-electron chi connectivity index (χ4n) is 4.41. The highest BCUT2D eigenvalue weighted by molar-refractivity contribution is 7.89. The molecule has 1 N–H and O–H groups in total. The molecule has 1 unspecified atom stereocenters. The summed E-state index contributed by atoms with van der Waals surface area (Å²) >= 11 is 0. The van der Waals surface area contributed by atoms with Gasteiger partial charge in [-0.25, -0.2) is 8.42 Å². The summed E-state index contributed by atoms with van der Waals surface area (Å²) in [4.78, 5) is 13.3. The van der Waals surface area contributed by atoms with Crippen LogP contribution in [0.5, 0.6) is 5.75 Å². The van der Waals surface area contributed by atoms with Crippen molar-refractivity contribution in [1.29, 1.82) is 0 Å². The maximum absolute atomic E-state index is 13.2. The normalized spacial score (nSPS) is 20.8. The van der Waals surface area contributed by atoms with Crippen molar-refractivity contribution < 1.29 is 22.7 Å². The van der Waals surface area contributed by atoms with Gasteiger partial charge in [0, 0.05) is 30.6 Å². The van der Waals surface area contributed by atoms with Crippen LogP contribution in [0.1, 0.15) is 55.1 Å². The van der Waals surface area contributed by atoms with Crippen molar-refractivity contribution in [3.63, 3.8) is 0 Å². The molecule has 7 nitrogen and oxygen atoms in total. The molecule has 2 aromatic rings. The minimum atomic E-state index is -3.67. The van der Waals surface area contributed by atoms with Gasteiger partial charge in [0.1, 0.15) is 11.4 Å². The number of hydrogen-bond donors (Lipinski definition) is 1. The van der Waals surface area contributed by atoms with Gasteiger partial charge in [-0.05, 0) is 37.1 Å². The maximum atomic E-state index is 13.2. The number of rotatable bonds is 6. The van der Waals surface area contributed by atoms with Crippen LogP contribution in [0.3, 0.4) is 0 Å². The Morgan fingerprint density at radius 1 is 1.09 bits per heavy atom. The average molecular weight is 459 g/mol. The first-order chi connectivity index (χ1) is 15.4. The Kier molecular flexibility index (Phi) is 6.55. The summed E-state index contributed by atoms with van der Waals surface area (Å²) < 4.78 is 39.0. The summed E-state index contributed by atoms with van der Waals surface area (Å²) in [6.45, 7) is 5.56. The molecular formula is C24H30N2O5S. The van der Waals surface area contributed by atoms with Gasteiger partial charge in [0.15, 0.2) is 0 Å². The van der Waals surface area contributed by atoms with Crippen LogP contribution in [0, 0.1) is 0 Å². The second-order valence-electron chi connectivity index (χ2n) is 8.30. The van der Waals surface area contributed by atoms with E-state index in [1.165, 1.54) is 16.4 Å². The number of sulfonamides is 1. The molecule has 1 fully saturated rings. The molecule has 2 aliphatic heterocycles. The van der Waals surface area contributed by atoms with Gasteiger partial charge in [-0.2, -0.15) is 4.31 Å². The molecular weight excluding hydrogens is 428 g/mol. The van der Waals surface area contributed by atoms with Gasteiger partial charge in [0.2, 0.25) is 10.0 Å². The van der Waals surface area contributed by atoms with Gasteiger partial charge in [0.05, 0.1) is 24.2 Å². The van der Waals surface area contributed by atoms with Crippen LogP contribution >= 0.6 is 0 Å². The number of amides is 1. The number of nitrogens with zero attached hydrogens (tertiary/aromatic N) is 1. The second kappa shape index (κ2) is 9.21. The Morgan fingerprint density at radius 2 is 1.81 bits per heavy atom. The van der Waals surface area contributed by atoms with E-state index in [1.54, 1.807) is 12.1 Å². The zero-order valence-corrected chi connectivity index (χ0v) is 19.4. The average Bonchev–Trinajstić information content (AvgIpc) is 2.84. The SMILES string of the molecule is CCC1(CC)CC(NC(=O)c2cccc(S(=O)(=O)N3CCOCC3)c2)c2ccccc2O1. The van der Waals surface area contributed by atoms with Crippen LogP contribution < -0.4 is 10.1 Å². The van der Waals surface area contributed by atoms with E-state index in [2.05, 4.69) is 19.2 Å². The summed E-state index contributed by atoms with van der Waals surface area (Å²) in [5.41, 5.74) is 0.922. The minimum absolute atomic E-state index is 0.121. The van der Waals surface area contributed by atoms with E-state index in [9.17, 15) is 13.2 Å². The Balaban J connectivity index is 1.58. The third-order valence-electron chi connectivity index (χ3n) is 6.50. The molecule has 172 valence electrons. The van der Waals surface area contributed by atoms with Gasteiger partial charge >= 0.3 is 0 Å². The highest BCUT2D eigenvalue weighted by Gasteiger charge is 2.39. The van der Waals surface area contributed by atoms with Crippen LogP contribution in [-0.4, -0.2) is 50.5 Å². The van der Waals surface area contributed by atoms with Gasteiger partial charge < -0.3 is 14.8 Å². The first-order valence-corrected chi connectivity index (χ1v) is 12.6. The van der Waals surface area contributed by atoms with Crippen molar-refractivity contribution >= 4 is 15.9 Å². The molecule has 0 saturated carbocycles. The second-order valence-corrected chi connectivity index (χ2v) is 10.2. The van der Waals surface area contributed by atoms with Crippen molar-refractivity contribution in [3.8, 4) is 5.75 Å². The van der Waals surface area contributed by atoms with E-state index in [0.717, 1.165) is 24.2 Å². The van der Waals surface area contributed by atoms with Crippen LogP contribution in [-0.2, 0) is 14.8 Å². The Bertz CT molecular complexity index is 1080. The number of fused-ring (bicyclic) bond motifs is 1. The molecule has 2 heterocycles. The molecule has 0 aliphatic carbocycles. The van der Waals surface area contributed by atoms with Crippen molar-refractivity contribution in [1.82, 2.24) is 9.62 Å². The maximum Gasteiger partial charge on any atom is 0.251 e. The zero-order valence-electron chi connectivity index (χ0n) is 18.5. The van der Waals surface area contributed by atoms with Crippen molar-refractivity contribution in [2.45, 2.75) is 49.6 Å². The lowest BCUT2D eigenvalue weighted by molar-refractivity contribution is 0.0227. The molecule has 8 heteroatoms. The van der Waals surface area contributed by atoms with Crippen LogP contribution in [0.2, 0.25) is 0 Å². The number of ether oxygens (including phenoxy) is 2. The molecule has 4 rings (SSSR count). The van der Waals surface area contributed by atoms with E-state index < -0.39 is 10.0 Å². The standard InChI is InChI=1S/C24H30N2O5S/c1-3-24(4-2)17-21(20-10-5-6-11-22(20)31-24)25-23(27)18-8-7-9-19(16-18)32(28,29)26-12-14-30-15-13-26/h5-11,16,21H,3-4,12-15,17H2,1-2H3,(H,25,27). The smallest absolute Gasteiger partial charge is 0.251 e. The van der Waals surface area contributed by atoms with E-state index in [1.807, 2.05) is 24.3 Å². The lowest BCUT2D eigenvalue weighted by Gasteiger charge is -2.41. The summed E-state index contributed by atoms with van der Waals surface area (Å²) in [6.07, 6.45) is 2.32. The first-order valence-electron chi connectivity index (χ1n) is 11.2. The predicted octanol–water partition coefficient (Wildman–Crippen LogP) is 3.52. The van der Waals surface area contributed by atoms with Crippen LogP contribution in [0.25, 0.3) is 0 Å². The lowest BCUT2D eigenvalue weighted by Crippen LogP contribution is -2.44. The minimum Gasteiger partial charge on any atom is -0.487 e. The number of carbonyl (C=O) groups is 1.